The molecule has 1 aliphatic rings. The van der Waals surface area contributed by atoms with Crippen molar-refractivity contribution in [1.82, 2.24) is 4.90 Å². The molecule has 0 saturated carbocycles. The van der Waals surface area contributed by atoms with Crippen LogP contribution in [0.3, 0.4) is 0 Å². The Morgan fingerprint density at radius 2 is 1.73 bits per heavy atom. The third-order valence-corrected chi connectivity index (χ3v) is 2.89. The van der Waals surface area contributed by atoms with E-state index >= 15 is 0 Å². The zero-order valence-corrected chi connectivity index (χ0v) is 8.28. The van der Waals surface area contributed by atoms with Crippen LogP contribution in [0.2, 0.25) is 0 Å². The molecule has 0 spiro atoms. The molecule has 0 aromatic rings. The number of piperidine rings is 1. The minimum Gasteiger partial charge on any atom is -0.366 e. The molecule has 0 N–H and O–H groups in total. The molecule has 0 aromatic carbocycles. The van der Waals surface area contributed by atoms with Gasteiger partial charge in [-0.15, -0.1) is 0 Å². The average molecular weight is 171 g/mol. The highest BCUT2D eigenvalue weighted by Gasteiger charge is 2.14. The van der Waals surface area contributed by atoms with Crippen LogP contribution in [0, 0.1) is 5.92 Å². The van der Waals surface area contributed by atoms with Gasteiger partial charge in [0.25, 0.3) is 0 Å². The number of hydrogen-bond acceptors (Lipinski definition) is 1. The Hall–Kier alpha value is -0.110. The van der Waals surface area contributed by atoms with Gasteiger partial charge in [0.2, 0.25) is 0 Å². The van der Waals surface area contributed by atoms with Crippen molar-refractivity contribution in [2.45, 2.75) is 33.1 Å². The average Bonchev–Trinajstić information content (AvgIpc) is 2.05. The summed E-state index contributed by atoms with van der Waals surface area (Å²) in [5, 5.41) is 0. The van der Waals surface area contributed by atoms with Crippen molar-refractivity contribution in [3.63, 3.8) is 0 Å². The molecule has 64 valence electrons. The van der Waals surface area contributed by atoms with E-state index in [1.165, 1.54) is 32.4 Å². The van der Waals surface area contributed by atoms with Crippen molar-refractivity contribution < 1.29 is 0 Å². The number of likely N-dealkylation sites (tertiary alicyclic amines) is 1. The summed E-state index contributed by atoms with van der Waals surface area (Å²) in [6.07, 6.45) is 4.04. The van der Waals surface area contributed by atoms with Crippen LogP contribution in [-0.4, -0.2) is 23.0 Å². The maximum absolute atomic E-state index is 5.32. The first-order valence-electron chi connectivity index (χ1n) is 4.50. The van der Waals surface area contributed by atoms with Gasteiger partial charge in [0.05, 0.1) is 4.99 Å². The summed E-state index contributed by atoms with van der Waals surface area (Å²) in [5.41, 5.74) is 0. The van der Waals surface area contributed by atoms with Crippen molar-refractivity contribution >= 4 is 17.2 Å². The molecule has 0 amide bonds. The van der Waals surface area contributed by atoms with E-state index in [9.17, 15) is 0 Å². The van der Waals surface area contributed by atoms with Gasteiger partial charge in [-0.05, 0) is 19.3 Å². The minimum atomic E-state index is 0.545. The van der Waals surface area contributed by atoms with E-state index in [4.69, 9.17) is 12.2 Å². The fourth-order valence-electron chi connectivity index (χ4n) is 1.48. The molecular formula is C9H17NS. The summed E-state index contributed by atoms with van der Waals surface area (Å²) in [4.78, 5) is 3.52. The van der Waals surface area contributed by atoms with Crippen LogP contribution in [0.1, 0.15) is 33.1 Å². The van der Waals surface area contributed by atoms with Crippen molar-refractivity contribution in [2.24, 2.45) is 5.92 Å². The fraction of sp³-hybridized carbons (Fsp3) is 0.889. The van der Waals surface area contributed by atoms with E-state index in [1.54, 1.807) is 0 Å². The first-order chi connectivity index (χ1) is 5.22. The standard InChI is InChI=1S/C9H17NS/c1-8(2)9(11)10-6-4-3-5-7-10/h8H,3-7H2,1-2H3. The molecule has 0 radical (unpaired) electrons. The quantitative estimate of drug-likeness (QED) is 0.558. The van der Waals surface area contributed by atoms with Gasteiger partial charge in [0, 0.05) is 19.0 Å². The Labute approximate surface area is 74.8 Å². The Morgan fingerprint density at radius 3 is 2.18 bits per heavy atom. The predicted molar refractivity (Wildman–Crippen MR) is 52.9 cm³/mol. The zero-order chi connectivity index (χ0) is 8.27. The second-order valence-corrected chi connectivity index (χ2v) is 3.96. The summed E-state index contributed by atoms with van der Waals surface area (Å²) in [6, 6.07) is 0. The molecular weight excluding hydrogens is 154 g/mol. The Morgan fingerprint density at radius 1 is 1.18 bits per heavy atom. The second-order valence-electron chi connectivity index (χ2n) is 3.54. The van der Waals surface area contributed by atoms with E-state index in [2.05, 4.69) is 18.7 Å². The number of hydrogen-bond donors (Lipinski definition) is 0. The summed E-state index contributed by atoms with van der Waals surface area (Å²) in [5.74, 6) is 0.545. The molecule has 2 heteroatoms. The minimum absolute atomic E-state index is 0.545. The van der Waals surface area contributed by atoms with Crippen LogP contribution < -0.4 is 0 Å². The van der Waals surface area contributed by atoms with E-state index in [0.717, 1.165) is 4.99 Å². The van der Waals surface area contributed by atoms with Gasteiger partial charge < -0.3 is 4.90 Å². The lowest BCUT2D eigenvalue weighted by Gasteiger charge is -2.30. The van der Waals surface area contributed by atoms with E-state index in [0.29, 0.717) is 5.92 Å². The number of rotatable bonds is 1. The second kappa shape index (κ2) is 4.05. The first-order valence-corrected chi connectivity index (χ1v) is 4.91. The van der Waals surface area contributed by atoms with Crippen molar-refractivity contribution in [3.05, 3.63) is 0 Å². The van der Waals surface area contributed by atoms with Gasteiger partial charge in [-0.25, -0.2) is 0 Å². The van der Waals surface area contributed by atoms with Crippen molar-refractivity contribution in [2.75, 3.05) is 13.1 Å². The molecule has 1 saturated heterocycles. The molecule has 0 atom stereocenters. The predicted octanol–water partition coefficient (Wildman–Crippen LogP) is 2.46. The van der Waals surface area contributed by atoms with Crippen LogP contribution in [0.5, 0.6) is 0 Å². The van der Waals surface area contributed by atoms with Crippen molar-refractivity contribution in [1.29, 1.82) is 0 Å². The van der Waals surface area contributed by atoms with Gasteiger partial charge in [-0.1, -0.05) is 26.1 Å². The summed E-state index contributed by atoms with van der Waals surface area (Å²) >= 11 is 5.32. The molecule has 0 aromatic heterocycles. The highest BCUT2D eigenvalue weighted by Crippen LogP contribution is 2.12. The van der Waals surface area contributed by atoms with Gasteiger partial charge in [-0.2, -0.15) is 0 Å². The molecule has 0 unspecified atom stereocenters. The SMILES string of the molecule is CC(C)C(=S)N1CCCCC1. The molecule has 0 bridgehead atoms. The van der Waals surface area contributed by atoms with Gasteiger partial charge in [0.1, 0.15) is 0 Å². The molecule has 1 rings (SSSR count). The molecule has 1 fully saturated rings. The number of nitrogens with zero attached hydrogens (tertiary/aromatic N) is 1. The summed E-state index contributed by atoms with van der Waals surface area (Å²) < 4.78 is 0. The fourth-order valence-corrected chi connectivity index (χ4v) is 1.66. The van der Waals surface area contributed by atoms with Crippen LogP contribution in [0.4, 0.5) is 0 Å². The topological polar surface area (TPSA) is 3.24 Å². The molecule has 1 nitrogen and oxygen atoms in total. The monoisotopic (exact) mass is 171 g/mol. The third kappa shape index (κ3) is 2.44. The molecule has 11 heavy (non-hydrogen) atoms. The Kier molecular flexibility index (Phi) is 3.31. The highest BCUT2D eigenvalue weighted by molar-refractivity contribution is 7.80. The molecule has 1 heterocycles. The zero-order valence-electron chi connectivity index (χ0n) is 7.47. The molecule has 1 aliphatic heterocycles. The van der Waals surface area contributed by atoms with Crippen molar-refractivity contribution in [3.8, 4) is 0 Å². The van der Waals surface area contributed by atoms with Gasteiger partial charge >= 0.3 is 0 Å². The lowest BCUT2D eigenvalue weighted by molar-refractivity contribution is 0.336. The Balaban J connectivity index is 2.39. The van der Waals surface area contributed by atoms with Crippen LogP contribution in [0.15, 0.2) is 0 Å². The highest BCUT2D eigenvalue weighted by atomic mass is 32.1. The van der Waals surface area contributed by atoms with E-state index in [1.807, 2.05) is 0 Å². The third-order valence-electron chi connectivity index (χ3n) is 2.16. The maximum atomic E-state index is 5.32. The smallest absolute Gasteiger partial charge is 0.0805 e. The van der Waals surface area contributed by atoms with Crippen LogP contribution >= 0.6 is 12.2 Å². The Bertz CT molecular complexity index is 136. The van der Waals surface area contributed by atoms with E-state index < -0.39 is 0 Å². The largest absolute Gasteiger partial charge is 0.366 e. The normalized spacial score (nSPS) is 19.0. The van der Waals surface area contributed by atoms with E-state index in [-0.39, 0.29) is 0 Å². The van der Waals surface area contributed by atoms with Gasteiger partial charge in [0.15, 0.2) is 0 Å². The lowest BCUT2D eigenvalue weighted by atomic mass is 10.1. The van der Waals surface area contributed by atoms with Crippen LogP contribution in [-0.2, 0) is 0 Å². The van der Waals surface area contributed by atoms with Gasteiger partial charge in [-0.3, -0.25) is 0 Å². The first kappa shape index (κ1) is 8.98. The number of thiocarbonyl (C=S) groups is 1. The summed E-state index contributed by atoms with van der Waals surface area (Å²) in [7, 11) is 0. The lowest BCUT2D eigenvalue weighted by Crippen LogP contribution is -2.36. The summed E-state index contributed by atoms with van der Waals surface area (Å²) in [6.45, 7) is 6.74. The van der Waals surface area contributed by atoms with Crippen LogP contribution in [0.25, 0.3) is 0 Å². The maximum Gasteiger partial charge on any atom is 0.0805 e. The molecule has 0 aliphatic carbocycles.